The summed E-state index contributed by atoms with van der Waals surface area (Å²) in [5.41, 5.74) is 3.45. The average Bonchev–Trinajstić information content (AvgIpc) is 2.76. The minimum Gasteiger partial charge on any atom is -0.466 e. The Kier molecular flexibility index (Phi) is 6.64. The summed E-state index contributed by atoms with van der Waals surface area (Å²) >= 11 is 0. The second-order valence-electron chi connectivity index (χ2n) is 8.71. The highest BCUT2D eigenvalue weighted by Gasteiger charge is 2.44. The molecule has 6 heteroatoms. The molecule has 1 aromatic heterocycles. The minimum absolute atomic E-state index is 0.0412. The molecule has 1 atom stereocenters. The highest BCUT2D eigenvalue weighted by atomic mass is 16.5. The number of esters is 1. The number of para-hydroxylation sites is 2. The Morgan fingerprint density at radius 3 is 2.60 bits per heavy atom. The van der Waals surface area contributed by atoms with E-state index in [9.17, 15) is 4.79 Å². The number of nitrogens with zero attached hydrogens (tertiary/aromatic N) is 3. The van der Waals surface area contributed by atoms with Gasteiger partial charge in [0.15, 0.2) is 0 Å². The van der Waals surface area contributed by atoms with Crippen molar-refractivity contribution in [3.63, 3.8) is 0 Å². The van der Waals surface area contributed by atoms with Crippen LogP contribution in [0.3, 0.4) is 0 Å². The number of aryl methyl sites for hydroxylation is 1. The topological polar surface area (TPSA) is 64.6 Å². The predicted octanol–water partition coefficient (Wildman–Crippen LogP) is 4.04. The molecular weight excluding hydrogens is 378 g/mol. The summed E-state index contributed by atoms with van der Waals surface area (Å²) in [7, 11) is 0. The van der Waals surface area contributed by atoms with Crippen LogP contribution in [0.2, 0.25) is 0 Å². The lowest BCUT2D eigenvalue weighted by Gasteiger charge is -2.42. The van der Waals surface area contributed by atoms with Crippen LogP contribution in [0.5, 0.6) is 0 Å². The summed E-state index contributed by atoms with van der Waals surface area (Å²) in [4.78, 5) is 24.9. The maximum absolute atomic E-state index is 12.9. The van der Waals surface area contributed by atoms with Gasteiger partial charge in [-0.05, 0) is 77.6 Å². The second-order valence-corrected chi connectivity index (χ2v) is 8.71. The molecule has 0 aliphatic carbocycles. The maximum atomic E-state index is 12.9. The van der Waals surface area contributed by atoms with Gasteiger partial charge in [-0.3, -0.25) is 9.69 Å². The maximum Gasteiger partial charge on any atom is 0.312 e. The van der Waals surface area contributed by atoms with Crippen LogP contribution in [0.1, 0.15) is 56.8 Å². The van der Waals surface area contributed by atoms with Crippen LogP contribution >= 0.6 is 0 Å². The zero-order chi connectivity index (χ0) is 21.0. The quantitative estimate of drug-likeness (QED) is 0.669. The Morgan fingerprint density at radius 2 is 1.93 bits per heavy atom. The lowest BCUT2D eigenvalue weighted by atomic mass is 9.73. The van der Waals surface area contributed by atoms with Crippen LogP contribution in [-0.2, 0) is 20.8 Å². The van der Waals surface area contributed by atoms with Crippen molar-refractivity contribution in [1.29, 1.82) is 0 Å². The van der Waals surface area contributed by atoms with Crippen molar-refractivity contribution in [3.8, 4) is 0 Å². The van der Waals surface area contributed by atoms with Crippen LogP contribution in [0.25, 0.3) is 11.0 Å². The number of likely N-dealkylation sites (tertiary alicyclic amines) is 1. The standard InChI is InChI=1S/C24H33N3O3/c1-3-29-23(28)24(16-19-8-6-7-15-30-19)11-13-27(14-12-24)17-22-18(2)25-20-9-4-5-10-21(20)26-22/h4-5,9-10,19H,3,6-8,11-17H2,1-2H3/t19-/m1/s1. The minimum atomic E-state index is -0.418. The van der Waals surface area contributed by atoms with E-state index in [-0.39, 0.29) is 12.1 Å². The van der Waals surface area contributed by atoms with Gasteiger partial charge in [0.1, 0.15) is 0 Å². The van der Waals surface area contributed by atoms with Crippen molar-refractivity contribution in [2.45, 2.75) is 65.0 Å². The summed E-state index contributed by atoms with van der Waals surface area (Å²) in [6.45, 7) is 7.65. The molecular formula is C24H33N3O3. The largest absolute Gasteiger partial charge is 0.466 e. The molecule has 6 nitrogen and oxygen atoms in total. The van der Waals surface area contributed by atoms with Gasteiger partial charge in [0.25, 0.3) is 0 Å². The first-order valence-corrected chi connectivity index (χ1v) is 11.3. The van der Waals surface area contributed by atoms with Crippen molar-refractivity contribution in [2.24, 2.45) is 5.41 Å². The highest BCUT2D eigenvalue weighted by Crippen LogP contribution is 2.40. The number of carbonyl (C=O) groups excluding carboxylic acids is 1. The number of piperidine rings is 1. The van der Waals surface area contributed by atoms with Crippen LogP contribution < -0.4 is 0 Å². The second kappa shape index (κ2) is 9.40. The highest BCUT2D eigenvalue weighted by molar-refractivity contribution is 5.77. The van der Waals surface area contributed by atoms with Crippen molar-refractivity contribution >= 4 is 17.0 Å². The van der Waals surface area contributed by atoms with Crippen LogP contribution in [0, 0.1) is 12.3 Å². The van der Waals surface area contributed by atoms with Gasteiger partial charge in [-0.1, -0.05) is 12.1 Å². The van der Waals surface area contributed by atoms with Gasteiger partial charge in [-0.25, -0.2) is 9.97 Å². The molecule has 2 saturated heterocycles. The van der Waals surface area contributed by atoms with E-state index in [1.165, 1.54) is 6.42 Å². The first-order valence-electron chi connectivity index (χ1n) is 11.3. The monoisotopic (exact) mass is 411 g/mol. The number of fused-ring (bicyclic) bond motifs is 1. The first kappa shape index (κ1) is 21.2. The van der Waals surface area contributed by atoms with Crippen LogP contribution in [0.4, 0.5) is 0 Å². The molecule has 3 heterocycles. The van der Waals surface area contributed by atoms with Crippen LogP contribution in [0.15, 0.2) is 24.3 Å². The zero-order valence-electron chi connectivity index (χ0n) is 18.2. The molecule has 4 rings (SSSR count). The molecule has 0 saturated carbocycles. The van der Waals surface area contributed by atoms with E-state index in [2.05, 4.69) is 4.90 Å². The van der Waals surface area contributed by atoms with Gasteiger partial charge >= 0.3 is 5.97 Å². The lowest BCUT2D eigenvalue weighted by molar-refractivity contribution is -0.162. The van der Waals surface area contributed by atoms with Crippen LogP contribution in [-0.4, -0.2) is 53.2 Å². The Morgan fingerprint density at radius 1 is 1.20 bits per heavy atom. The van der Waals surface area contributed by atoms with Crippen molar-refractivity contribution in [3.05, 3.63) is 35.7 Å². The molecule has 0 spiro atoms. The summed E-state index contributed by atoms with van der Waals surface area (Å²) in [5, 5.41) is 0. The van der Waals surface area contributed by atoms with Gasteiger partial charge < -0.3 is 9.47 Å². The van der Waals surface area contributed by atoms with Gasteiger partial charge in [0.05, 0.1) is 40.5 Å². The Bertz CT molecular complexity index is 871. The smallest absolute Gasteiger partial charge is 0.312 e. The Labute approximate surface area is 179 Å². The average molecular weight is 412 g/mol. The molecule has 1 aromatic carbocycles. The van der Waals surface area contributed by atoms with E-state index in [4.69, 9.17) is 19.4 Å². The lowest BCUT2D eigenvalue weighted by Crippen LogP contribution is -2.47. The molecule has 2 aliphatic rings. The molecule has 162 valence electrons. The van der Waals surface area contributed by atoms with Crippen molar-refractivity contribution in [1.82, 2.24) is 14.9 Å². The number of carbonyl (C=O) groups is 1. The fourth-order valence-corrected chi connectivity index (χ4v) is 4.81. The van der Waals surface area contributed by atoms with Crippen molar-refractivity contribution in [2.75, 3.05) is 26.3 Å². The van der Waals surface area contributed by atoms with Gasteiger partial charge in [-0.15, -0.1) is 0 Å². The number of ether oxygens (including phenoxy) is 2. The third kappa shape index (κ3) is 4.65. The molecule has 2 aliphatic heterocycles. The SMILES string of the molecule is CCOC(=O)C1(C[C@H]2CCCCO2)CCN(Cc2nc3ccccc3nc2C)CC1. The molecule has 0 bridgehead atoms. The summed E-state index contributed by atoms with van der Waals surface area (Å²) in [5.74, 6) is -0.0412. The molecule has 0 N–H and O–H groups in total. The predicted molar refractivity (Wildman–Crippen MR) is 116 cm³/mol. The van der Waals surface area contributed by atoms with Gasteiger partial charge in [0, 0.05) is 13.2 Å². The number of hydrogen-bond donors (Lipinski definition) is 0. The Balaban J connectivity index is 1.44. The fourth-order valence-electron chi connectivity index (χ4n) is 4.81. The Hall–Kier alpha value is -2.05. The summed E-state index contributed by atoms with van der Waals surface area (Å²) in [6.07, 6.45) is 5.96. The van der Waals surface area contributed by atoms with Gasteiger partial charge in [0.2, 0.25) is 0 Å². The number of hydrogen-bond acceptors (Lipinski definition) is 6. The van der Waals surface area contributed by atoms with Crippen molar-refractivity contribution < 1.29 is 14.3 Å². The zero-order valence-corrected chi connectivity index (χ0v) is 18.2. The molecule has 30 heavy (non-hydrogen) atoms. The van der Waals surface area contributed by atoms with E-state index in [1.807, 2.05) is 38.1 Å². The number of aromatic nitrogens is 2. The third-order valence-electron chi connectivity index (χ3n) is 6.63. The molecule has 0 amide bonds. The normalized spacial score (nSPS) is 22.1. The van der Waals surface area contributed by atoms with E-state index >= 15 is 0 Å². The van der Waals surface area contributed by atoms with E-state index < -0.39 is 5.41 Å². The molecule has 0 unspecified atom stereocenters. The first-order chi connectivity index (χ1) is 14.6. The van der Waals surface area contributed by atoms with E-state index in [1.54, 1.807) is 0 Å². The van der Waals surface area contributed by atoms with Gasteiger partial charge in [-0.2, -0.15) is 0 Å². The van der Waals surface area contributed by atoms with E-state index in [0.29, 0.717) is 6.61 Å². The fraction of sp³-hybridized carbons (Fsp3) is 0.625. The molecule has 2 fully saturated rings. The molecule has 2 aromatic rings. The van der Waals surface area contributed by atoms with E-state index in [0.717, 1.165) is 80.8 Å². The summed E-state index contributed by atoms with van der Waals surface area (Å²) < 4.78 is 11.5. The molecule has 0 radical (unpaired) electrons. The third-order valence-corrected chi connectivity index (χ3v) is 6.63. The number of benzene rings is 1. The summed E-state index contributed by atoms with van der Waals surface area (Å²) in [6, 6.07) is 8.00. The number of rotatable bonds is 6.